The van der Waals surface area contributed by atoms with Crippen LogP contribution in [0.3, 0.4) is 0 Å². The van der Waals surface area contributed by atoms with E-state index in [0.717, 1.165) is 0 Å². The largest absolute Gasteiger partial charge is 0.311 e. The Balaban J connectivity index is 2.49. The smallest absolute Gasteiger partial charge is 0.263 e. The lowest BCUT2D eigenvalue weighted by Crippen LogP contribution is -2.44. The van der Waals surface area contributed by atoms with Crippen molar-refractivity contribution in [2.24, 2.45) is 5.92 Å². The summed E-state index contributed by atoms with van der Waals surface area (Å²) in [5, 5.41) is 2.62. The van der Waals surface area contributed by atoms with Gasteiger partial charge in [0.2, 0.25) is 0 Å². The Bertz CT molecular complexity index is 103. The molecule has 1 aliphatic heterocycles. The Morgan fingerprint density at radius 1 is 1.56 bits per heavy atom. The quantitative estimate of drug-likeness (QED) is 0.522. The van der Waals surface area contributed by atoms with Gasteiger partial charge in [0.15, 0.2) is 0 Å². The molecule has 1 fully saturated rings. The summed E-state index contributed by atoms with van der Waals surface area (Å²) in [5.41, 5.74) is 0. The topological polar surface area (TPSA) is 12.0 Å². The van der Waals surface area contributed by atoms with E-state index in [1.54, 1.807) is 0 Å². The fourth-order valence-corrected chi connectivity index (χ4v) is 0.887. The third-order valence-corrected chi connectivity index (χ3v) is 1.63. The van der Waals surface area contributed by atoms with E-state index < -0.39 is 11.8 Å². The predicted molar refractivity (Wildman–Crippen MR) is 31.3 cm³/mol. The molecule has 1 rings (SSSR count). The first kappa shape index (κ1) is 6.93. The van der Waals surface area contributed by atoms with Crippen molar-refractivity contribution in [3.63, 3.8) is 0 Å². The molecule has 0 aromatic heterocycles. The molecule has 0 aromatic carbocycles. The van der Waals surface area contributed by atoms with Gasteiger partial charge in [-0.15, -0.1) is 0 Å². The highest BCUT2D eigenvalue weighted by Gasteiger charge is 2.38. The van der Waals surface area contributed by atoms with E-state index in [1.165, 1.54) is 0 Å². The fraction of sp³-hybridized carbons (Fsp3) is 0.833. The normalized spacial score (nSPS) is 34.3. The second-order valence-electron chi connectivity index (χ2n) is 2.42. The number of alkyl halides is 2. The van der Waals surface area contributed by atoms with Crippen LogP contribution in [0.15, 0.2) is 0 Å². The van der Waals surface area contributed by atoms with Crippen LogP contribution in [0.4, 0.5) is 8.78 Å². The number of hydrogen-bond donors (Lipinski definition) is 1. The Morgan fingerprint density at radius 2 is 2.22 bits per heavy atom. The van der Waals surface area contributed by atoms with Gasteiger partial charge in [-0.25, -0.2) is 8.78 Å². The lowest BCUT2D eigenvalue weighted by Gasteiger charge is -2.28. The molecule has 1 N–H and O–H groups in total. The molecule has 1 nitrogen and oxygen atoms in total. The summed E-state index contributed by atoms with van der Waals surface area (Å²) < 4.78 is 24.9. The van der Waals surface area contributed by atoms with Crippen LogP contribution in [0.5, 0.6) is 0 Å². The Labute approximate surface area is 53.4 Å². The molecule has 0 spiro atoms. The summed E-state index contributed by atoms with van der Waals surface area (Å²) in [4.78, 5) is 0. The third-order valence-electron chi connectivity index (χ3n) is 1.63. The highest BCUT2D eigenvalue weighted by Crippen LogP contribution is 2.27. The van der Waals surface area contributed by atoms with E-state index >= 15 is 0 Å². The van der Waals surface area contributed by atoms with Crippen LogP contribution >= 0.6 is 0 Å². The number of halogens is 2. The summed E-state index contributed by atoms with van der Waals surface area (Å²) in [5.74, 6) is -3.28. The summed E-state index contributed by atoms with van der Waals surface area (Å²) in [7, 11) is 0. The standard InChI is InChI=1S/C6H10F2N/c1-5-2-3-9-4-6(5,7)8/h5,9H,1-4H2. The van der Waals surface area contributed by atoms with Gasteiger partial charge in [0.25, 0.3) is 5.92 Å². The summed E-state index contributed by atoms with van der Waals surface area (Å²) in [6.07, 6.45) is 0.479. The van der Waals surface area contributed by atoms with Crippen molar-refractivity contribution in [3.8, 4) is 0 Å². The SMILES string of the molecule is [CH2]C1CCNCC1(F)F. The fourth-order valence-electron chi connectivity index (χ4n) is 0.887. The van der Waals surface area contributed by atoms with E-state index in [9.17, 15) is 8.78 Å². The summed E-state index contributed by atoms with van der Waals surface area (Å²) in [6, 6.07) is 0. The van der Waals surface area contributed by atoms with E-state index in [-0.39, 0.29) is 6.54 Å². The number of hydrogen-bond acceptors (Lipinski definition) is 1. The number of rotatable bonds is 0. The van der Waals surface area contributed by atoms with E-state index in [1.807, 2.05) is 0 Å². The lowest BCUT2D eigenvalue weighted by atomic mass is 9.97. The van der Waals surface area contributed by atoms with Gasteiger partial charge in [-0.3, -0.25) is 0 Å². The van der Waals surface area contributed by atoms with Crippen LogP contribution in [0.1, 0.15) is 6.42 Å². The Kier molecular flexibility index (Phi) is 1.70. The van der Waals surface area contributed by atoms with Gasteiger partial charge >= 0.3 is 0 Å². The Morgan fingerprint density at radius 3 is 2.56 bits per heavy atom. The van der Waals surface area contributed by atoms with E-state index in [4.69, 9.17) is 0 Å². The molecule has 1 heterocycles. The minimum absolute atomic E-state index is 0.207. The summed E-state index contributed by atoms with van der Waals surface area (Å²) >= 11 is 0. The van der Waals surface area contributed by atoms with Crippen LogP contribution < -0.4 is 5.32 Å². The molecule has 9 heavy (non-hydrogen) atoms. The molecule has 0 aliphatic carbocycles. The van der Waals surface area contributed by atoms with Crippen LogP contribution in [-0.2, 0) is 0 Å². The first-order valence-corrected chi connectivity index (χ1v) is 3.04. The van der Waals surface area contributed by atoms with Crippen molar-refractivity contribution < 1.29 is 8.78 Å². The van der Waals surface area contributed by atoms with Crippen LogP contribution in [0.25, 0.3) is 0 Å². The second kappa shape index (κ2) is 2.21. The van der Waals surface area contributed by atoms with Gasteiger partial charge in [-0.2, -0.15) is 0 Å². The zero-order valence-electron chi connectivity index (χ0n) is 5.16. The molecule has 1 radical (unpaired) electrons. The molecule has 1 aliphatic rings. The monoisotopic (exact) mass is 134 g/mol. The van der Waals surface area contributed by atoms with Crippen molar-refractivity contribution in [1.82, 2.24) is 5.32 Å². The summed E-state index contributed by atoms with van der Waals surface area (Å²) in [6.45, 7) is 3.82. The highest BCUT2D eigenvalue weighted by molar-refractivity contribution is 4.85. The second-order valence-corrected chi connectivity index (χ2v) is 2.42. The first-order chi connectivity index (χ1) is 4.13. The van der Waals surface area contributed by atoms with Gasteiger partial charge in [-0.1, -0.05) is 0 Å². The van der Waals surface area contributed by atoms with Crippen molar-refractivity contribution in [2.45, 2.75) is 12.3 Å². The number of nitrogens with one attached hydrogen (secondary N) is 1. The Hall–Kier alpha value is -0.180. The van der Waals surface area contributed by atoms with Crippen LogP contribution in [-0.4, -0.2) is 19.0 Å². The zero-order chi connectivity index (χ0) is 6.91. The van der Waals surface area contributed by atoms with Gasteiger partial charge < -0.3 is 5.32 Å². The lowest BCUT2D eigenvalue weighted by molar-refractivity contribution is -0.0559. The van der Waals surface area contributed by atoms with Gasteiger partial charge in [0.05, 0.1) is 6.54 Å². The van der Waals surface area contributed by atoms with Gasteiger partial charge in [-0.05, 0) is 19.9 Å². The zero-order valence-corrected chi connectivity index (χ0v) is 5.16. The minimum atomic E-state index is -2.59. The molecule has 0 amide bonds. The van der Waals surface area contributed by atoms with Gasteiger partial charge in [0, 0.05) is 5.92 Å². The predicted octanol–water partition coefficient (Wildman–Crippen LogP) is 1.07. The van der Waals surface area contributed by atoms with Gasteiger partial charge in [0.1, 0.15) is 0 Å². The molecular formula is C6H10F2N. The molecule has 1 atom stereocenters. The molecule has 1 unspecified atom stereocenters. The highest BCUT2D eigenvalue weighted by atomic mass is 19.3. The van der Waals surface area contributed by atoms with Crippen LogP contribution in [0, 0.1) is 12.8 Å². The van der Waals surface area contributed by atoms with Crippen molar-refractivity contribution in [1.29, 1.82) is 0 Å². The van der Waals surface area contributed by atoms with Crippen molar-refractivity contribution >= 4 is 0 Å². The first-order valence-electron chi connectivity index (χ1n) is 3.04. The molecule has 1 saturated heterocycles. The van der Waals surface area contributed by atoms with Crippen molar-refractivity contribution in [2.75, 3.05) is 13.1 Å². The maximum absolute atomic E-state index is 12.5. The molecule has 53 valence electrons. The molecule has 0 bridgehead atoms. The van der Waals surface area contributed by atoms with Crippen molar-refractivity contribution in [3.05, 3.63) is 6.92 Å². The maximum atomic E-state index is 12.5. The average molecular weight is 134 g/mol. The molecule has 0 saturated carbocycles. The average Bonchev–Trinajstić information content (AvgIpc) is 1.77. The minimum Gasteiger partial charge on any atom is -0.311 e. The maximum Gasteiger partial charge on any atom is 0.263 e. The molecule has 0 aromatic rings. The third kappa shape index (κ3) is 1.39. The van der Waals surface area contributed by atoms with E-state index in [2.05, 4.69) is 12.2 Å². The number of piperidine rings is 1. The van der Waals surface area contributed by atoms with E-state index in [0.29, 0.717) is 13.0 Å². The molecule has 3 heteroatoms. The molecular weight excluding hydrogens is 124 g/mol. The van der Waals surface area contributed by atoms with Crippen LogP contribution in [0.2, 0.25) is 0 Å².